The molecule has 0 aliphatic rings. The molecule has 0 saturated carbocycles. The van der Waals surface area contributed by atoms with E-state index in [9.17, 15) is 9.59 Å². The minimum absolute atomic E-state index is 0.132. The van der Waals surface area contributed by atoms with Gasteiger partial charge in [-0.2, -0.15) is 0 Å². The SMILES string of the molecule is CCCOC(=O)CCc1cc2c(C)cc(=O)oc2cc1OCc1c(Cl)cccc1Cl. The third kappa shape index (κ3) is 5.35. The van der Waals surface area contributed by atoms with E-state index in [0.717, 1.165) is 22.9 Å². The van der Waals surface area contributed by atoms with E-state index in [2.05, 4.69) is 0 Å². The Morgan fingerprint density at radius 3 is 2.57 bits per heavy atom. The van der Waals surface area contributed by atoms with Gasteiger partial charge in [-0.15, -0.1) is 0 Å². The van der Waals surface area contributed by atoms with Gasteiger partial charge in [0.2, 0.25) is 0 Å². The third-order valence-electron chi connectivity index (χ3n) is 4.63. The van der Waals surface area contributed by atoms with Crippen LogP contribution in [0, 0.1) is 6.92 Å². The topological polar surface area (TPSA) is 65.7 Å². The molecule has 0 unspecified atom stereocenters. The first-order valence-electron chi connectivity index (χ1n) is 9.67. The summed E-state index contributed by atoms with van der Waals surface area (Å²) in [5.74, 6) is 0.226. The summed E-state index contributed by atoms with van der Waals surface area (Å²) < 4.78 is 16.5. The molecule has 0 N–H and O–H groups in total. The molecule has 0 bridgehead atoms. The largest absolute Gasteiger partial charge is 0.488 e. The molecule has 1 heterocycles. The van der Waals surface area contributed by atoms with E-state index in [-0.39, 0.29) is 19.0 Å². The number of esters is 1. The van der Waals surface area contributed by atoms with Gasteiger partial charge in [0.05, 0.1) is 6.61 Å². The van der Waals surface area contributed by atoms with E-state index >= 15 is 0 Å². The van der Waals surface area contributed by atoms with Crippen molar-refractivity contribution >= 4 is 40.1 Å². The van der Waals surface area contributed by atoms with Crippen molar-refractivity contribution in [2.24, 2.45) is 0 Å². The summed E-state index contributed by atoms with van der Waals surface area (Å²) >= 11 is 12.5. The number of hydrogen-bond donors (Lipinski definition) is 0. The Morgan fingerprint density at radius 2 is 1.87 bits per heavy atom. The van der Waals surface area contributed by atoms with Crippen molar-refractivity contribution in [3.8, 4) is 5.75 Å². The fourth-order valence-electron chi connectivity index (χ4n) is 3.07. The normalized spacial score (nSPS) is 10.9. The smallest absolute Gasteiger partial charge is 0.336 e. The fourth-order valence-corrected chi connectivity index (χ4v) is 3.57. The van der Waals surface area contributed by atoms with Crippen LogP contribution >= 0.6 is 23.2 Å². The van der Waals surface area contributed by atoms with E-state index in [1.54, 1.807) is 24.3 Å². The molecule has 0 amide bonds. The van der Waals surface area contributed by atoms with Crippen molar-refractivity contribution in [3.63, 3.8) is 0 Å². The van der Waals surface area contributed by atoms with Crippen molar-refractivity contribution < 1.29 is 18.7 Å². The molecule has 0 spiro atoms. The molecule has 0 aliphatic carbocycles. The second-order valence-corrected chi connectivity index (χ2v) is 7.73. The van der Waals surface area contributed by atoms with Crippen LogP contribution in [0.4, 0.5) is 0 Å². The lowest BCUT2D eigenvalue weighted by Gasteiger charge is -2.15. The number of halogens is 2. The Morgan fingerprint density at radius 1 is 1.13 bits per heavy atom. The zero-order chi connectivity index (χ0) is 21.7. The first-order chi connectivity index (χ1) is 14.4. The summed E-state index contributed by atoms with van der Waals surface area (Å²) in [5, 5.41) is 1.78. The Hall–Kier alpha value is -2.50. The Labute approximate surface area is 184 Å². The van der Waals surface area contributed by atoms with Gasteiger partial charge in [0.25, 0.3) is 0 Å². The molecule has 0 atom stereocenters. The maximum absolute atomic E-state index is 12.0. The molecule has 3 rings (SSSR count). The van der Waals surface area contributed by atoms with E-state index < -0.39 is 5.63 Å². The van der Waals surface area contributed by atoms with E-state index in [1.807, 2.05) is 19.9 Å². The highest BCUT2D eigenvalue weighted by molar-refractivity contribution is 6.35. The van der Waals surface area contributed by atoms with Crippen LogP contribution in [0.2, 0.25) is 10.0 Å². The molecule has 0 fully saturated rings. The van der Waals surface area contributed by atoms with Gasteiger partial charge in [-0.25, -0.2) is 4.79 Å². The summed E-state index contributed by atoms with van der Waals surface area (Å²) in [6.07, 6.45) is 1.40. The minimum Gasteiger partial charge on any atom is -0.488 e. The zero-order valence-electron chi connectivity index (χ0n) is 16.8. The summed E-state index contributed by atoms with van der Waals surface area (Å²) in [6.45, 7) is 4.31. The van der Waals surface area contributed by atoms with Gasteiger partial charge >= 0.3 is 11.6 Å². The number of fused-ring (bicyclic) bond motifs is 1. The van der Waals surface area contributed by atoms with Crippen LogP contribution in [0.1, 0.15) is 36.5 Å². The van der Waals surface area contributed by atoms with Crippen molar-refractivity contribution in [2.45, 2.75) is 39.7 Å². The predicted molar refractivity (Wildman–Crippen MR) is 118 cm³/mol. The highest BCUT2D eigenvalue weighted by atomic mass is 35.5. The Kier molecular flexibility index (Phi) is 7.40. The Bertz CT molecular complexity index is 1100. The summed E-state index contributed by atoms with van der Waals surface area (Å²) in [4.78, 5) is 23.8. The van der Waals surface area contributed by atoms with E-state index in [4.69, 9.17) is 37.1 Å². The number of rotatable bonds is 8. The molecule has 0 saturated heterocycles. The number of aryl methyl sites for hydroxylation is 2. The lowest BCUT2D eigenvalue weighted by atomic mass is 10.0. The second kappa shape index (κ2) is 10.0. The summed E-state index contributed by atoms with van der Waals surface area (Å²) in [7, 11) is 0. The van der Waals surface area contributed by atoms with Crippen LogP contribution in [0.15, 0.2) is 45.6 Å². The van der Waals surface area contributed by atoms with Crippen LogP contribution in [-0.2, 0) is 22.6 Å². The van der Waals surface area contributed by atoms with Gasteiger partial charge < -0.3 is 13.9 Å². The lowest BCUT2D eigenvalue weighted by molar-refractivity contribution is -0.143. The number of carbonyl (C=O) groups is 1. The van der Waals surface area contributed by atoms with Crippen LogP contribution in [0.3, 0.4) is 0 Å². The average molecular weight is 449 g/mol. The fraction of sp³-hybridized carbons (Fsp3) is 0.304. The van der Waals surface area contributed by atoms with Crippen molar-refractivity contribution in [1.29, 1.82) is 0 Å². The first-order valence-corrected chi connectivity index (χ1v) is 10.4. The van der Waals surface area contributed by atoms with Crippen molar-refractivity contribution in [2.75, 3.05) is 6.61 Å². The van der Waals surface area contributed by atoms with E-state index in [0.29, 0.717) is 40.0 Å². The maximum atomic E-state index is 12.0. The predicted octanol–water partition coefficient (Wildman–Crippen LogP) is 5.87. The van der Waals surface area contributed by atoms with Gasteiger partial charge in [-0.05, 0) is 49.1 Å². The van der Waals surface area contributed by atoms with Crippen molar-refractivity contribution in [3.05, 3.63) is 73.6 Å². The summed E-state index contributed by atoms with van der Waals surface area (Å²) in [5.41, 5.74) is 2.22. The van der Waals surface area contributed by atoms with Crippen LogP contribution in [-0.4, -0.2) is 12.6 Å². The highest BCUT2D eigenvalue weighted by Gasteiger charge is 2.14. The van der Waals surface area contributed by atoms with Crippen LogP contribution < -0.4 is 10.4 Å². The number of carbonyl (C=O) groups excluding carboxylic acids is 1. The van der Waals surface area contributed by atoms with Crippen LogP contribution in [0.25, 0.3) is 11.0 Å². The average Bonchev–Trinajstić information content (AvgIpc) is 2.70. The second-order valence-electron chi connectivity index (χ2n) is 6.91. The third-order valence-corrected chi connectivity index (χ3v) is 5.34. The molecular weight excluding hydrogens is 427 g/mol. The van der Waals surface area contributed by atoms with Gasteiger partial charge in [-0.1, -0.05) is 36.2 Å². The van der Waals surface area contributed by atoms with Gasteiger partial charge in [0.15, 0.2) is 0 Å². The number of ether oxygens (including phenoxy) is 2. The molecule has 1 aromatic heterocycles. The molecule has 158 valence electrons. The highest BCUT2D eigenvalue weighted by Crippen LogP contribution is 2.31. The van der Waals surface area contributed by atoms with Crippen molar-refractivity contribution in [1.82, 2.24) is 0 Å². The molecular formula is C23H22Cl2O5. The number of benzene rings is 2. The molecule has 2 aromatic carbocycles. The van der Waals surface area contributed by atoms with Gasteiger partial charge in [-0.3, -0.25) is 4.79 Å². The zero-order valence-corrected chi connectivity index (χ0v) is 18.3. The van der Waals surface area contributed by atoms with Gasteiger partial charge in [0.1, 0.15) is 17.9 Å². The summed E-state index contributed by atoms with van der Waals surface area (Å²) in [6, 6.07) is 10.2. The molecule has 3 aromatic rings. The van der Waals surface area contributed by atoms with E-state index in [1.165, 1.54) is 6.07 Å². The number of hydrogen-bond acceptors (Lipinski definition) is 5. The standard InChI is InChI=1S/C23H22Cl2O5/c1-3-9-28-22(26)8-7-15-11-16-14(2)10-23(27)30-21(16)12-20(15)29-13-17-18(24)5-4-6-19(17)25/h4-6,10-12H,3,7-9,13H2,1-2H3. The molecule has 0 radical (unpaired) electrons. The quantitative estimate of drug-likeness (QED) is 0.318. The molecule has 30 heavy (non-hydrogen) atoms. The van der Waals surface area contributed by atoms with Gasteiger partial charge in [0, 0.05) is 39.5 Å². The molecule has 5 nitrogen and oxygen atoms in total. The Balaban J connectivity index is 1.93. The first kappa shape index (κ1) is 22.2. The minimum atomic E-state index is -0.434. The molecule has 7 heteroatoms. The molecule has 0 aliphatic heterocycles. The lowest BCUT2D eigenvalue weighted by Crippen LogP contribution is -2.08. The van der Waals surface area contributed by atoms with Crippen LogP contribution in [0.5, 0.6) is 5.75 Å². The maximum Gasteiger partial charge on any atom is 0.336 e. The monoisotopic (exact) mass is 448 g/mol.